The molecule has 0 fully saturated rings. The third kappa shape index (κ3) is 4.92. The van der Waals surface area contributed by atoms with Crippen LogP contribution >= 0.6 is 11.8 Å². The largest absolute Gasteiger partial charge is 0.378 e. The molecule has 156 valence electrons. The van der Waals surface area contributed by atoms with E-state index in [1.807, 2.05) is 90.3 Å². The molecule has 4 aromatic rings. The summed E-state index contributed by atoms with van der Waals surface area (Å²) >= 11 is 1.35. The van der Waals surface area contributed by atoms with Crippen LogP contribution in [0.2, 0.25) is 0 Å². The Balaban J connectivity index is 1.52. The molecule has 1 amide bonds. The van der Waals surface area contributed by atoms with Gasteiger partial charge in [-0.25, -0.2) is 0 Å². The molecular weight excluding hydrogens is 408 g/mol. The number of anilines is 2. The summed E-state index contributed by atoms with van der Waals surface area (Å²) < 4.78 is 1.96. The van der Waals surface area contributed by atoms with Crippen molar-refractivity contribution in [2.45, 2.75) is 5.16 Å². The van der Waals surface area contributed by atoms with E-state index in [0.717, 1.165) is 22.6 Å². The van der Waals surface area contributed by atoms with E-state index < -0.39 is 0 Å². The van der Waals surface area contributed by atoms with Gasteiger partial charge in [0.2, 0.25) is 5.91 Å². The highest BCUT2D eigenvalue weighted by atomic mass is 32.2. The van der Waals surface area contributed by atoms with Crippen molar-refractivity contribution < 1.29 is 4.79 Å². The van der Waals surface area contributed by atoms with Crippen molar-refractivity contribution in [3.8, 4) is 17.1 Å². The standard InChI is InChI=1S/C23H22N6OS/c1-28(2)19-10-8-18(9-11-19)25-21(30)16-31-23-27-26-22(17-12-14-24-15-13-17)29(23)20-6-4-3-5-7-20/h3-15H,16H2,1-2H3,(H,25,30). The number of hydrogen-bond donors (Lipinski definition) is 1. The average molecular weight is 431 g/mol. The molecule has 0 aliphatic heterocycles. The second-order valence-corrected chi connectivity index (χ2v) is 7.93. The zero-order chi connectivity index (χ0) is 21.6. The number of benzene rings is 2. The molecule has 0 saturated carbocycles. The SMILES string of the molecule is CN(C)c1ccc(NC(=O)CSc2nnc(-c3ccncc3)n2-c2ccccc2)cc1. The topological polar surface area (TPSA) is 75.9 Å². The molecule has 2 heterocycles. The number of nitrogens with one attached hydrogen (secondary N) is 1. The van der Waals surface area contributed by atoms with Gasteiger partial charge in [0.25, 0.3) is 0 Å². The smallest absolute Gasteiger partial charge is 0.234 e. The van der Waals surface area contributed by atoms with Crippen molar-refractivity contribution in [2.75, 3.05) is 30.1 Å². The second-order valence-electron chi connectivity index (χ2n) is 6.99. The molecular formula is C23H22N6OS. The molecule has 0 aliphatic rings. The Kier molecular flexibility index (Phi) is 6.28. The molecule has 7 nitrogen and oxygen atoms in total. The fraction of sp³-hybridized carbons (Fsp3) is 0.130. The van der Waals surface area contributed by atoms with E-state index >= 15 is 0 Å². The Labute approximate surface area is 185 Å². The molecule has 1 N–H and O–H groups in total. The first kappa shape index (κ1) is 20.6. The van der Waals surface area contributed by atoms with Crippen LogP contribution < -0.4 is 10.2 Å². The molecule has 0 saturated heterocycles. The number of thioether (sulfide) groups is 1. The fourth-order valence-electron chi connectivity index (χ4n) is 3.03. The lowest BCUT2D eigenvalue weighted by Gasteiger charge is -2.13. The van der Waals surface area contributed by atoms with Gasteiger partial charge in [0, 0.05) is 49.1 Å². The van der Waals surface area contributed by atoms with Crippen molar-refractivity contribution >= 4 is 29.0 Å². The Morgan fingerprint density at radius 2 is 1.68 bits per heavy atom. The van der Waals surface area contributed by atoms with Gasteiger partial charge in [0.05, 0.1) is 5.75 Å². The Bertz CT molecular complexity index is 1140. The lowest BCUT2D eigenvalue weighted by atomic mass is 10.2. The van der Waals surface area contributed by atoms with Gasteiger partial charge >= 0.3 is 0 Å². The first-order valence-corrected chi connectivity index (χ1v) is 10.7. The van der Waals surface area contributed by atoms with Gasteiger partial charge in [-0.1, -0.05) is 30.0 Å². The van der Waals surface area contributed by atoms with Crippen LogP contribution in [-0.4, -0.2) is 45.5 Å². The van der Waals surface area contributed by atoms with Gasteiger partial charge in [-0.2, -0.15) is 0 Å². The summed E-state index contributed by atoms with van der Waals surface area (Å²) in [6.45, 7) is 0. The molecule has 8 heteroatoms. The van der Waals surface area contributed by atoms with E-state index in [2.05, 4.69) is 20.5 Å². The normalized spacial score (nSPS) is 10.6. The lowest BCUT2D eigenvalue weighted by molar-refractivity contribution is -0.113. The van der Waals surface area contributed by atoms with Crippen LogP contribution in [0.25, 0.3) is 17.1 Å². The maximum absolute atomic E-state index is 12.5. The first-order valence-electron chi connectivity index (χ1n) is 9.73. The van der Waals surface area contributed by atoms with Gasteiger partial charge in [-0.3, -0.25) is 14.3 Å². The number of rotatable bonds is 7. The molecule has 2 aromatic heterocycles. The summed E-state index contributed by atoms with van der Waals surface area (Å²) in [5.74, 6) is 0.822. The maximum Gasteiger partial charge on any atom is 0.234 e. The van der Waals surface area contributed by atoms with Gasteiger partial charge in [-0.15, -0.1) is 10.2 Å². The minimum absolute atomic E-state index is 0.101. The summed E-state index contributed by atoms with van der Waals surface area (Å²) in [6, 6.07) is 21.4. The van der Waals surface area contributed by atoms with Crippen molar-refractivity contribution in [1.29, 1.82) is 0 Å². The molecule has 2 aromatic carbocycles. The third-order valence-corrected chi connectivity index (χ3v) is 5.52. The van der Waals surface area contributed by atoms with Crippen LogP contribution in [0.5, 0.6) is 0 Å². The van der Waals surface area contributed by atoms with Crippen molar-refractivity contribution in [3.05, 3.63) is 79.1 Å². The van der Waals surface area contributed by atoms with Crippen LogP contribution in [-0.2, 0) is 4.79 Å². The fourth-order valence-corrected chi connectivity index (χ4v) is 3.78. The summed E-state index contributed by atoms with van der Waals surface area (Å²) in [6.07, 6.45) is 3.45. The summed E-state index contributed by atoms with van der Waals surface area (Å²) in [5, 5.41) is 12.3. The van der Waals surface area contributed by atoms with Gasteiger partial charge in [0.1, 0.15) is 0 Å². The van der Waals surface area contributed by atoms with E-state index in [9.17, 15) is 4.79 Å². The van der Waals surface area contributed by atoms with Crippen LogP contribution in [0.3, 0.4) is 0 Å². The Hall–Kier alpha value is -3.65. The van der Waals surface area contributed by atoms with E-state index in [1.54, 1.807) is 12.4 Å². The highest BCUT2D eigenvalue weighted by molar-refractivity contribution is 7.99. The van der Waals surface area contributed by atoms with E-state index in [1.165, 1.54) is 11.8 Å². The molecule has 0 bridgehead atoms. The summed E-state index contributed by atoms with van der Waals surface area (Å²) in [7, 11) is 3.96. The number of hydrogen-bond acceptors (Lipinski definition) is 6. The Morgan fingerprint density at radius 3 is 2.35 bits per heavy atom. The number of aromatic nitrogens is 4. The molecule has 31 heavy (non-hydrogen) atoms. The zero-order valence-electron chi connectivity index (χ0n) is 17.3. The number of pyridine rings is 1. The van der Waals surface area contributed by atoms with E-state index in [-0.39, 0.29) is 11.7 Å². The van der Waals surface area contributed by atoms with Crippen LogP contribution in [0.15, 0.2) is 84.3 Å². The van der Waals surface area contributed by atoms with Gasteiger partial charge in [0.15, 0.2) is 11.0 Å². The number of amides is 1. The first-order chi connectivity index (χ1) is 15.1. The summed E-state index contributed by atoms with van der Waals surface area (Å²) in [4.78, 5) is 18.6. The number of carbonyl (C=O) groups is 1. The van der Waals surface area contributed by atoms with Crippen LogP contribution in [0, 0.1) is 0 Å². The third-order valence-electron chi connectivity index (χ3n) is 4.59. The predicted octanol–water partition coefficient (Wildman–Crippen LogP) is 4.13. The quantitative estimate of drug-likeness (QED) is 0.445. The molecule has 4 rings (SSSR count). The van der Waals surface area contributed by atoms with E-state index in [0.29, 0.717) is 11.0 Å². The molecule has 0 atom stereocenters. The zero-order valence-corrected chi connectivity index (χ0v) is 18.1. The highest BCUT2D eigenvalue weighted by Crippen LogP contribution is 2.27. The monoisotopic (exact) mass is 430 g/mol. The minimum Gasteiger partial charge on any atom is -0.378 e. The number of nitrogens with zero attached hydrogens (tertiary/aromatic N) is 5. The summed E-state index contributed by atoms with van der Waals surface area (Å²) in [5.41, 5.74) is 3.68. The van der Waals surface area contributed by atoms with Crippen LogP contribution in [0.1, 0.15) is 0 Å². The molecule has 0 aliphatic carbocycles. The van der Waals surface area contributed by atoms with E-state index in [4.69, 9.17) is 0 Å². The average Bonchev–Trinajstić information content (AvgIpc) is 3.23. The van der Waals surface area contributed by atoms with Crippen molar-refractivity contribution in [3.63, 3.8) is 0 Å². The molecule has 0 radical (unpaired) electrons. The maximum atomic E-state index is 12.5. The highest BCUT2D eigenvalue weighted by Gasteiger charge is 2.17. The predicted molar refractivity (Wildman–Crippen MR) is 125 cm³/mol. The Morgan fingerprint density at radius 1 is 0.968 bits per heavy atom. The van der Waals surface area contributed by atoms with Gasteiger partial charge in [-0.05, 0) is 48.5 Å². The minimum atomic E-state index is -0.101. The number of para-hydroxylation sites is 1. The number of carbonyl (C=O) groups excluding carboxylic acids is 1. The molecule has 0 unspecified atom stereocenters. The second kappa shape index (κ2) is 9.44. The van der Waals surface area contributed by atoms with Crippen molar-refractivity contribution in [1.82, 2.24) is 19.7 Å². The van der Waals surface area contributed by atoms with Gasteiger partial charge < -0.3 is 10.2 Å². The van der Waals surface area contributed by atoms with Crippen LogP contribution in [0.4, 0.5) is 11.4 Å². The molecule has 0 spiro atoms. The lowest BCUT2D eigenvalue weighted by Crippen LogP contribution is -2.15. The van der Waals surface area contributed by atoms with Crippen molar-refractivity contribution in [2.24, 2.45) is 0 Å².